The zero-order valence-electron chi connectivity index (χ0n) is 16.1. The van der Waals surface area contributed by atoms with Gasteiger partial charge in [0.05, 0.1) is 35.4 Å². The molecule has 2 aromatic rings. The standard InChI is InChI=1S/C19H19ClN2O6S2/c1-3-28-18(23)16-13(10-30(25,26)15-8-7-14(20)29-15)21-19(24)22-17(16)11-5-4-6-12(9-11)27-2/h4-9,17H,3,10H2,1-2H3,(H2,21,22,24)/t17-/m0/s1. The number of methoxy groups -OCH3 is 1. The van der Waals surface area contributed by atoms with E-state index >= 15 is 0 Å². The Morgan fingerprint density at radius 2 is 2.03 bits per heavy atom. The number of urea groups is 1. The van der Waals surface area contributed by atoms with Crippen LogP contribution in [0.4, 0.5) is 4.79 Å². The number of thiophene rings is 1. The molecule has 0 unspecified atom stereocenters. The van der Waals surface area contributed by atoms with Crippen LogP contribution in [-0.4, -0.2) is 39.9 Å². The first-order valence-electron chi connectivity index (χ1n) is 8.85. The highest BCUT2D eigenvalue weighted by Crippen LogP contribution is 2.32. The number of sulfone groups is 1. The van der Waals surface area contributed by atoms with Gasteiger partial charge in [0.1, 0.15) is 9.96 Å². The Bertz CT molecular complexity index is 1110. The van der Waals surface area contributed by atoms with Gasteiger partial charge in [-0.25, -0.2) is 18.0 Å². The fourth-order valence-electron chi connectivity index (χ4n) is 2.98. The Labute approximate surface area is 182 Å². The van der Waals surface area contributed by atoms with Gasteiger partial charge in [0, 0.05) is 5.70 Å². The van der Waals surface area contributed by atoms with Crippen LogP contribution in [-0.2, 0) is 19.4 Å². The maximum absolute atomic E-state index is 12.9. The molecule has 0 bridgehead atoms. The molecule has 30 heavy (non-hydrogen) atoms. The molecule has 1 aromatic heterocycles. The van der Waals surface area contributed by atoms with Gasteiger partial charge >= 0.3 is 12.0 Å². The van der Waals surface area contributed by atoms with Crippen LogP contribution < -0.4 is 15.4 Å². The molecule has 0 radical (unpaired) electrons. The summed E-state index contributed by atoms with van der Waals surface area (Å²) in [6.07, 6.45) is 0. The van der Waals surface area contributed by atoms with Gasteiger partial charge in [-0.1, -0.05) is 23.7 Å². The summed E-state index contributed by atoms with van der Waals surface area (Å²) in [4.78, 5) is 25.1. The Hall–Kier alpha value is -2.56. The minimum atomic E-state index is -3.86. The van der Waals surface area contributed by atoms with E-state index in [1.165, 1.54) is 19.2 Å². The second kappa shape index (κ2) is 9.07. The van der Waals surface area contributed by atoms with Gasteiger partial charge in [0.25, 0.3) is 0 Å². The SMILES string of the molecule is CCOC(=O)C1=C(CS(=O)(=O)c2ccc(Cl)s2)NC(=O)N[C@H]1c1cccc(OC)c1. The Kier molecular flexibility index (Phi) is 6.69. The summed E-state index contributed by atoms with van der Waals surface area (Å²) in [7, 11) is -2.37. The molecule has 8 nitrogen and oxygen atoms in total. The third kappa shape index (κ3) is 4.77. The largest absolute Gasteiger partial charge is 0.497 e. The van der Waals surface area contributed by atoms with Crippen LogP contribution in [0.1, 0.15) is 18.5 Å². The highest BCUT2D eigenvalue weighted by molar-refractivity contribution is 7.93. The first kappa shape index (κ1) is 22.1. The molecule has 1 aromatic carbocycles. The van der Waals surface area contributed by atoms with Crippen molar-refractivity contribution in [2.24, 2.45) is 0 Å². The maximum atomic E-state index is 12.9. The number of carbonyl (C=O) groups is 2. The molecule has 1 aliphatic rings. The monoisotopic (exact) mass is 470 g/mol. The summed E-state index contributed by atoms with van der Waals surface area (Å²) in [5.41, 5.74) is 0.506. The predicted octanol–water partition coefficient (Wildman–Crippen LogP) is 3.06. The van der Waals surface area contributed by atoms with Crippen LogP contribution in [0, 0.1) is 0 Å². The lowest BCUT2D eigenvalue weighted by molar-refractivity contribution is -0.139. The minimum absolute atomic E-state index is 0.0101. The highest BCUT2D eigenvalue weighted by Gasteiger charge is 2.36. The molecule has 0 spiro atoms. The normalized spacial score (nSPS) is 16.6. The van der Waals surface area contributed by atoms with E-state index in [1.807, 2.05) is 0 Å². The van der Waals surface area contributed by atoms with Gasteiger partial charge in [-0.3, -0.25) is 0 Å². The summed E-state index contributed by atoms with van der Waals surface area (Å²) in [5, 5.41) is 5.11. The zero-order chi connectivity index (χ0) is 21.9. The third-order valence-corrected chi connectivity index (χ3v) is 7.72. The van der Waals surface area contributed by atoms with E-state index in [1.54, 1.807) is 31.2 Å². The second-order valence-electron chi connectivity index (χ2n) is 6.24. The summed E-state index contributed by atoms with van der Waals surface area (Å²) in [6, 6.07) is 8.08. The fraction of sp³-hybridized carbons (Fsp3) is 0.263. The van der Waals surface area contributed by atoms with Crippen LogP contribution in [0.3, 0.4) is 0 Å². The lowest BCUT2D eigenvalue weighted by Gasteiger charge is -2.29. The van der Waals surface area contributed by atoms with Crippen molar-refractivity contribution in [2.45, 2.75) is 17.2 Å². The Balaban J connectivity index is 2.10. The van der Waals surface area contributed by atoms with E-state index in [4.69, 9.17) is 21.1 Å². The second-order valence-corrected chi connectivity index (χ2v) is 10.2. The molecule has 0 aliphatic carbocycles. The number of ether oxygens (including phenoxy) is 2. The number of hydrogen-bond donors (Lipinski definition) is 2. The minimum Gasteiger partial charge on any atom is -0.497 e. The maximum Gasteiger partial charge on any atom is 0.338 e. The molecule has 1 aliphatic heterocycles. The topological polar surface area (TPSA) is 111 Å². The van der Waals surface area contributed by atoms with Crippen molar-refractivity contribution in [2.75, 3.05) is 19.5 Å². The van der Waals surface area contributed by atoms with Crippen molar-refractivity contribution >= 4 is 44.8 Å². The number of amides is 2. The average Bonchev–Trinajstić information content (AvgIpc) is 3.15. The molecule has 0 saturated carbocycles. The van der Waals surface area contributed by atoms with E-state index in [2.05, 4.69) is 10.6 Å². The van der Waals surface area contributed by atoms with Gasteiger partial charge in [0.15, 0.2) is 9.84 Å². The summed E-state index contributed by atoms with van der Waals surface area (Å²) in [5.74, 6) is -0.801. The van der Waals surface area contributed by atoms with Crippen LogP contribution in [0.25, 0.3) is 0 Å². The molecule has 160 valence electrons. The van der Waals surface area contributed by atoms with Gasteiger partial charge in [-0.2, -0.15) is 0 Å². The number of carbonyl (C=O) groups excluding carboxylic acids is 2. The zero-order valence-corrected chi connectivity index (χ0v) is 18.5. The molecule has 0 fully saturated rings. The number of hydrogen-bond acceptors (Lipinski definition) is 7. The first-order valence-corrected chi connectivity index (χ1v) is 11.7. The van der Waals surface area contributed by atoms with Crippen molar-refractivity contribution in [3.63, 3.8) is 0 Å². The summed E-state index contributed by atoms with van der Waals surface area (Å²) in [6.45, 7) is 1.72. The summed E-state index contributed by atoms with van der Waals surface area (Å²) >= 11 is 6.76. The molecule has 2 N–H and O–H groups in total. The molecule has 2 heterocycles. The number of nitrogens with one attached hydrogen (secondary N) is 2. The molecular formula is C19H19ClN2O6S2. The third-order valence-electron chi connectivity index (χ3n) is 4.27. The Morgan fingerprint density at radius 1 is 1.27 bits per heavy atom. The van der Waals surface area contributed by atoms with Crippen LogP contribution in [0.5, 0.6) is 5.75 Å². The predicted molar refractivity (Wildman–Crippen MR) is 112 cm³/mol. The van der Waals surface area contributed by atoms with Gasteiger partial charge < -0.3 is 20.1 Å². The summed E-state index contributed by atoms with van der Waals surface area (Å²) < 4.78 is 36.4. The lowest BCUT2D eigenvalue weighted by atomic mass is 9.95. The van der Waals surface area contributed by atoms with Crippen LogP contribution in [0.2, 0.25) is 4.34 Å². The van der Waals surface area contributed by atoms with Gasteiger partial charge in [-0.15, -0.1) is 11.3 Å². The number of halogens is 1. The van der Waals surface area contributed by atoms with Gasteiger partial charge in [0.2, 0.25) is 0 Å². The number of rotatable bonds is 7. The molecule has 1 atom stereocenters. The van der Waals surface area contributed by atoms with E-state index in [9.17, 15) is 18.0 Å². The van der Waals surface area contributed by atoms with Crippen molar-refractivity contribution in [3.05, 3.63) is 57.6 Å². The first-order chi connectivity index (χ1) is 14.2. The van der Waals surface area contributed by atoms with Crippen LogP contribution in [0.15, 0.2) is 51.9 Å². The fourth-order valence-corrected chi connectivity index (χ4v) is 5.87. The van der Waals surface area contributed by atoms with Crippen LogP contribution >= 0.6 is 22.9 Å². The quantitative estimate of drug-likeness (QED) is 0.602. The highest BCUT2D eigenvalue weighted by atomic mass is 35.5. The number of benzene rings is 1. The average molecular weight is 471 g/mol. The van der Waals surface area contributed by atoms with Crippen molar-refractivity contribution in [1.29, 1.82) is 0 Å². The van der Waals surface area contributed by atoms with Crippen molar-refractivity contribution < 1.29 is 27.5 Å². The van der Waals surface area contributed by atoms with E-state index in [0.29, 0.717) is 15.6 Å². The molecule has 0 saturated heterocycles. The van der Waals surface area contributed by atoms with E-state index in [-0.39, 0.29) is 22.1 Å². The van der Waals surface area contributed by atoms with E-state index in [0.717, 1.165) is 11.3 Å². The van der Waals surface area contributed by atoms with Crippen molar-refractivity contribution in [1.82, 2.24) is 10.6 Å². The lowest BCUT2D eigenvalue weighted by Crippen LogP contribution is -2.47. The number of esters is 1. The Morgan fingerprint density at radius 3 is 2.67 bits per heavy atom. The van der Waals surface area contributed by atoms with Gasteiger partial charge in [-0.05, 0) is 36.8 Å². The smallest absolute Gasteiger partial charge is 0.338 e. The van der Waals surface area contributed by atoms with Crippen molar-refractivity contribution in [3.8, 4) is 5.75 Å². The molecule has 11 heteroatoms. The molecular weight excluding hydrogens is 452 g/mol. The molecule has 3 rings (SSSR count). The van der Waals surface area contributed by atoms with E-state index < -0.39 is 33.6 Å². The molecule has 2 amide bonds.